The number of amides is 1. The van der Waals surface area contributed by atoms with Gasteiger partial charge in [0.05, 0.1) is 23.1 Å². The molecule has 1 amide bonds. The summed E-state index contributed by atoms with van der Waals surface area (Å²) in [5, 5.41) is 16.3. The SMILES string of the molecule is CC1CCC(C(=O)N(c2nn(-c3ccc(CCc4cscn4)cc3)cc2OC(=O)O)C2CCOCC2)CC1. The van der Waals surface area contributed by atoms with E-state index in [4.69, 9.17) is 14.6 Å². The minimum absolute atomic E-state index is 0.00155. The summed E-state index contributed by atoms with van der Waals surface area (Å²) in [5.41, 5.74) is 4.85. The zero-order chi connectivity index (χ0) is 26.5. The molecule has 2 aliphatic rings. The zero-order valence-corrected chi connectivity index (χ0v) is 22.4. The van der Waals surface area contributed by atoms with E-state index in [2.05, 4.69) is 17.3 Å². The number of carbonyl (C=O) groups excluding carboxylic acids is 1. The second-order valence-electron chi connectivity index (χ2n) is 10.3. The van der Waals surface area contributed by atoms with E-state index in [1.807, 2.05) is 29.8 Å². The molecule has 0 spiro atoms. The molecule has 0 atom stereocenters. The van der Waals surface area contributed by atoms with Gasteiger partial charge in [-0.2, -0.15) is 0 Å². The molecule has 1 saturated heterocycles. The second-order valence-corrected chi connectivity index (χ2v) is 11.0. The number of nitrogens with zero attached hydrogens (tertiary/aromatic N) is 4. The van der Waals surface area contributed by atoms with Gasteiger partial charge in [-0.05, 0) is 75.0 Å². The largest absolute Gasteiger partial charge is 0.511 e. The Balaban J connectivity index is 1.43. The molecule has 0 radical (unpaired) electrons. The van der Waals surface area contributed by atoms with E-state index < -0.39 is 6.16 Å². The van der Waals surface area contributed by atoms with Crippen LogP contribution in [-0.4, -0.2) is 51.2 Å². The Morgan fingerprint density at radius 3 is 2.50 bits per heavy atom. The average molecular weight is 539 g/mol. The Morgan fingerprint density at radius 2 is 1.84 bits per heavy atom. The van der Waals surface area contributed by atoms with Crippen molar-refractivity contribution in [2.75, 3.05) is 18.1 Å². The highest BCUT2D eigenvalue weighted by Crippen LogP contribution is 2.37. The van der Waals surface area contributed by atoms with Gasteiger partial charge in [0.15, 0.2) is 5.75 Å². The van der Waals surface area contributed by atoms with Gasteiger partial charge >= 0.3 is 6.16 Å². The van der Waals surface area contributed by atoms with Gasteiger partial charge in [-0.3, -0.25) is 9.69 Å². The molecule has 38 heavy (non-hydrogen) atoms. The molecule has 10 heteroatoms. The number of aromatic nitrogens is 3. The average Bonchev–Trinajstić information content (AvgIpc) is 3.59. The van der Waals surface area contributed by atoms with Crippen LogP contribution in [0.5, 0.6) is 5.75 Å². The summed E-state index contributed by atoms with van der Waals surface area (Å²) >= 11 is 1.59. The zero-order valence-electron chi connectivity index (χ0n) is 21.6. The highest BCUT2D eigenvalue weighted by atomic mass is 32.1. The van der Waals surface area contributed by atoms with Crippen LogP contribution >= 0.6 is 11.3 Å². The molecular formula is C28H34N4O5S. The topological polar surface area (TPSA) is 107 Å². The Kier molecular flexibility index (Phi) is 8.38. The Morgan fingerprint density at radius 1 is 1.11 bits per heavy atom. The minimum atomic E-state index is -1.44. The third-order valence-corrected chi connectivity index (χ3v) is 8.24. The standard InChI is InChI=1S/C28H34N4O5S/c1-19-2-7-21(8-3-19)27(33)32(24-12-14-36-15-13-24)26-25(37-28(34)35)16-31(30-26)23-10-5-20(6-11-23)4-9-22-17-38-18-29-22/h5-6,10-11,16-19,21,24H,2-4,7-9,12-15H2,1H3,(H,34,35). The predicted molar refractivity (Wildman–Crippen MR) is 144 cm³/mol. The van der Waals surface area contributed by atoms with Crippen LogP contribution in [0.15, 0.2) is 41.4 Å². The summed E-state index contributed by atoms with van der Waals surface area (Å²) < 4.78 is 12.3. The van der Waals surface area contributed by atoms with Crippen LogP contribution in [0.2, 0.25) is 0 Å². The molecule has 2 fully saturated rings. The van der Waals surface area contributed by atoms with Crippen molar-refractivity contribution in [2.24, 2.45) is 11.8 Å². The van der Waals surface area contributed by atoms with Crippen LogP contribution in [0.4, 0.5) is 10.6 Å². The van der Waals surface area contributed by atoms with Gasteiger partial charge in [-0.15, -0.1) is 16.4 Å². The molecule has 1 aliphatic carbocycles. The normalized spacial score (nSPS) is 20.2. The van der Waals surface area contributed by atoms with E-state index in [0.29, 0.717) is 32.0 Å². The van der Waals surface area contributed by atoms with Crippen LogP contribution < -0.4 is 9.64 Å². The lowest BCUT2D eigenvalue weighted by Gasteiger charge is -2.36. The fourth-order valence-electron chi connectivity index (χ4n) is 5.37. The Labute approximate surface area is 226 Å². The summed E-state index contributed by atoms with van der Waals surface area (Å²) in [5.74, 6) is 0.838. The van der Waals surface area contributed by atoms with Gasteiger partial charge in [0.1, 0.15) is 0 Å². The molecule has 0 bridgehead atoms. The van der Waals surface area contributed by atoms with Crippen molar-refractivity contribution < 1.29 is 24.2 Å². The van der Waals surface area contributed by atoms with Gasteiger partial charge in [0.25, 0.3) is 0 Å². The molecule has 0 unspecified atom stereocenters. The van der Waals surface area contributed by atoms with Crippen molar-refractivity contribution in [3.05, 3.63) is 52.6 Å². The Hall–Kier alpha value is -3.24. The number of thiazole rings is 1. The molecular weight excluding hydrogens is 504 g/mol. The van der Waals surface area contributed by atoms with Crippen molar-refractivity contribution in [1.29, 1.82) is 0 Å². The van der Waals surface area contributed by atoms with Crippen molar-refractivity contribution in [1.82, 2.24) is 14.8 Å². The first-order chi connectivity index (χ1) is 18.5. The van der Waals surface area contributed by atoms with E-state index >= 15 is 0 Å². The minimum Gasteiger partial charge on any atom is -0.449 e. The van der Waals surface area contributed by atoms with E-state index in [1.165, 1.54) is 5.56 Å². The van der Waals surface area contributed by atoms with Gasteiger partial charge in [0.2, 0.25) is 11.7 Å². The molecule has 5 rings (SSSR count). The molecule has 1 N–H and O–H groups in total. The van der Waals surface area contributed by atoms with E-state index in [0.717, 1.165) is 49.9 Å². The molecule has 9 nitrogen and oxygen atoms in total. The van der Waals surface area contributed by atoms with E-state index in [1.54, 1.807) is 27.1 Å². The van der Waals surface area contributed by atoms with E-state index in [-0.39, 0.29) is 29.4 Å². The number of benzene rings is 1. The first kappa shape index (κ1) is 26.4. The number of hydrogen-bond donors (Lipinski definition) is 1. The predicted octanol–water partition coefficient (Wildman–Crippen LogP) is 5.51. The van der Waals surface area contributed by atoms with Crippen LogP contribution in [0, 0.1) is 11.8 Å². The van der Waals surface area contributed by atoms with Crippen molar-refractivity contribution in [2.45, 2.75) is 64.3 Å². The number of carbonyl (C=O) groups is 2. The Bertz CT molecular complexity index is 1210. The first-order valence-electron chi connectivity index (χ1n) is 13.4. The van der Waals surface area contributed by atoms with Crippen molar-refractivity contribution in [3.8, 4) is 11.4 Å². The third-order valence-electron chi connectivity index (χ3n) is 7.60. The second kappa shape index (κ2) is 12.1. The molecule has 1 aromatic carbocycles. The number of rotatable bonds is 8. The third kappa shape index (κ3) is 6.24. The first-order valence-corrected chi connectivity index (χ1v) is 14.3. The molecule has 1 aliphatic heterocycles. The van der Waals surface area contributed by atoms with Gasteiger partial charge in [-0.1, -0.05) is 19.1 Å². The lowest BCUT2D eigenvalue weighted by molar-refractivity contribution is -0.124. The molecule has 202 valence electrons. The smallest absolute Gasteiger partial charge is 0.449 e. The fourth-order valence-corrected chi connectivity index (χ4v) is 5.96. The van der Waals surface area contributed by atoms with Crippen molar-refractivity contribution >= 4 is 29.2 Å². The van der Waals surface area contributed by atoms with Crippen LogP contribution in [0.3, 0.4) is 0 Å². The summed E-state index contributed by atoms with van der Waals surface area (Å²) in [7, 11) is 0. The van der Waals surface area contributed by atoms with E-state index in [9.17, 15) is 14.7 Å². The summed E-state index contributed by atoms with van der Waals surface area (Å²) in [6.07, 6.45) is 6.88. The number of anilines is 1. The maximum atomic E-state index is 13.9. The summed E-state index contributed by atoms with van der Waals surface area (Å²) in [6, 6.07) is 7.83. The maximum absolute atomic E-state index is 13.9. The quantitative estimate of drug-likeness (QED) is 0.377. The number of carboxylic acid groups (broad SMARTS) is 1. The van der Waals surface area contributed by atoms with Crippen LogP contribution in [0.25, 0.3) is 5.69 Å². The summed E-state index contributed by atoms with van der Waals surface area (Å²) in [4.78, 5) is 31.6. The lowest BCUT2D eigenvalue weighted by Crippen LogP contribution is -2.47. The van der Waals surface area contributed by atoms with Gasteiger partial charge in [-0.25, -0.2) is 14.5 Å². The lowest BCUT2D eigenvalue weighted by atomic mass is 9.82. The van der Waals surface area contributed by atoms with Gasteiger partial charge < -0.3 is 14.6 Å². The maximum Gasteiger partial charge on any atom is 0.511 e. The fraction of sp³-hybridized carbons (Fsp3) is 0.500. The molecule has 2 aromatic heterocycles. The van der Waals surface area contributed by atoms with Crippen LogP contribution in [-0.2, 0) is 22.4 Å². The van der Waals surface area contributed by atoms with Crippen molar-refractivity contribution in [3.63, 3.8) is 0 Å². The number of ether oxygens (including phenoxy) is 2. The number of aryl methyl sites for hydroxylation is 2. The highest BCUT2D eigenvalue weighted by molar-refractivity contribution is 7.07. The van der Waals surface area contributed by atoms with Gasteiger partial charge in [0, 0.05) is 30.6 Å². The number of hydrogen-bond acceptors (Lipinski definition) is 7. The monoisotopic (exact) mass is 538 g/mol. The molecule has 3 heterocycles. The molecule has 1 saturated carbocycles. The highest BCUT2D eigenvalue weighted by Gasteiger charge is 2.37. The molecule has 3 aromatic rings. The summed E-state index contributed by atoms with van der Waals surface area (Å²) in [6.45, 7) is 3.32. The van der Waals surface area contributed by atoms with Crippen LogP contribution in [0.1, 0.15) is 56.7 Å².